The van der Waals surface area contributed by atoms with Gasteiger partial charge in [-0.1, -0.05) is 12.2 Å². The molecule has 0 aliphatic heterocycles. The third kappa shape index (κ3) is 4.87. The smallest absolute Gasteiger partial charge is 0.333 e. The molecule has 2 aliphatic rings. The van der Waals surface area contributed by atoms with E-state index >= 15 is 0 Å². The summed E-state index contributed by atoms with van der Waals surface area (Å²) in [5.74, 6) is 0. The van der Waals surface area contributed by atoms with Gasteiger partial charge in [0.2, 0.25) is 5.09 Å². The zero-order valence-corrected chi connectivity index (χ0v) is 18.6. The number of carbonyl (C=O) groups excluding carboxylic acids is 1. The van der Waals surface area contributed by atoms with Gasteiger partial charge in [-0.3, -0.25) is 0 Å². The van der Waals surface area contributed by atoms with Gasteiger partial charge in [0.15, 0.2) is 0 Å². The number of aliphatic hydroxyl groups is 1. The Morgan fingerprint density at radius 3 is 2.47 bits per heavy atom. The lowest BCUT2D eigenvalue weighted by molar-refractivity contribution is 0.0779. The highest BCUT2D eigenvalue weighted by atomic mass is 32.2. The van der Waals surface area contributed by atoms with Crippen molar-refractivity contribution in [1.29, 1.82) is 0 Å². The molecule has 0 atom stereocenters. The predicted molar refractivity (Wildman–Crippen MR) is 114 cm³/mol. The number of allylic oxidation sites excluding steroid dienone is 4. The van der Waals surface area contributed by atoms with Crippen LogP contribution in [0.3, 0.4) is 0 Å². The molecule has 1 heterocycles. The van der Waals surface area contributed by atoms with Crippen LogP contribution in [0.1, 0.15) is 71.3 Å². The van der Waals surface area contributed by atoms with Crippen LogP contribution in [0.25, 0.3) is 0 Å². The van der Waals surface area contributed by atoms with Crippen molar-refractivity contribution < 1.29 is 22.7 Å². The molecule has 0 saturated heterocycles. The van der Waals surface area contributed by atoms with E-state index in [1.54, 1.807) is 0 Å². The summed E-state index contributed by atoms with van der Waals surface area (Å²) in [7, 11) is -4.23. The minimum absolute atomic E-state index is 0.300. The highest BCUT2D eigenvalue weighted by Crippen LogP contribution is 2.39. The maximum atomic E-state index is 12.6. The lowest BCUT2D eigenvalue weighted by Gasteiger charge is -2.17. The molecule has 30 heavy (non-hydrogen) atoms. The van der Waals surface area contributed by atoms with Crippen LogP contribution < -0.4 is 10.0 Å². The molecular weight excluding hydrogens is 404 g/mol. The number of urea groups is 1. The molecule has 164 valence electrons. The molecule has 7 nitrogen and oxygen atoms in total. The van der Waals surface area contributed by atoms with E-state index in [4.69, 9.17) is 4.42 Å². The summed E-state index contributed by atoms with van der Waals surface area (Å²) in [6.07, 6.45) is 7.78. The van der Waals surface area contributed by atoms with Crippen molar-refractivity contribution in [1.82, 2.24) is 10.0 Å². The molecule has 1 fully saturated rings. The molecule has 3 rings (SSSR count). The van der Waals surface area contributed by atoms with Crippen LogP contribution in [0, 0.1) is 0 Å². The van der Waals surface area contributed by atoms with Gasteiger partial charge in [0.25, 0.3) is 10.0 Å². The molecule has 1 saturated carbocycles. The molecule has 2 amide bonds. The van der Waals surface area contributed by atoms with Crippen molar-refractivity contribution in [3.05, 3.63) is 52.5 Å². The monoisotopic (exact) mass is 434 g/mol. The quantitative estimate of drug-likeness (QED) is 0.652. The maximum absolute atomic E-state index is 12.6. The molecule has 0 bridgehead atoms. The lowest BCUT2D eigenvalue weighted by Crippen LogP contribution is -2.39. The Balaban J connectivity index is 1.84. The second-order valence-electron chi connectivity index (χ2n) is 8.55. The lowest BCUT2D eigenvalue weighted by atomic mass is 9.98. The number of amides is 2. The fourth-order valence-corrected chi connectivity index (χ4v) is 4.81. The van der Waals surface area contributed by atoms with Gasteiger partial charge in [0.05, 0.1) is 11.9 Å². The Morgan fingerprint density at radius 1 is 1.13 bits per heavy atom. The van der Waals surface area contributed by atoms with Crippen LogP contribution in [0.4, 0.5) is 4.79 Å². The Labute approximate surface area is 178 Å². The summed E-state index contributed by atoms with van der Waals surface area (Å²) < 4.78 is 32.2. The third-order valence-corrected chi connectivity index (χ3v) is 6.88. The first kappa shape index (κ1) is 22.4. The summed E-state index contributed by atoms with van der Waals surface area (Å²) in [4.78, 5) is 12.6. The van der Waals surface area contributed by atoms with Crippen molar-refractivity contribution >= 4 is 16.1 Å². The van der Waals surface area contributed by atoms with Crippen LogP contribution in [-0.2, 0) is 15.6 Å². The number of fused-ring (bicyclic) bond motifs is 1. The number of rotatable bonds is 4. The number of carbonyl (C=O) groups is 1. The predicted octanol–water partition coefficient (Wildman–Crippen LogP) is 4.38. The Morgan fingerprint density at radius 2 is 1.80 bits per heavy atom. The Kier molecular flexibility index (Phi) is 6.29. The van der Waals surface area contributed by atoms with Crippen LogP contribution in [0.15, 0.2) is 56.4 Å². The van der Waals surface area contributed by atoms with E-state index < -0.39 is 26.7 Å². The average Bonchev–Trinajstić information content (AvgIpc) is 3.31. The van der Waals surface area contributed by atoms with Crippen molar-refractivity contribution in [3.8, 4) is 0 Å². The summed E-state index contributed by atoms with van der Waals surface area (Å²) in [5, 5.41) is 12.3. The number of nitrogens with one attached hydrogen (secondary N) is 2. The SMILES string of the molecule is C=C1CCCC/C(C)=C2/CCCC2=C1NC(=O)NS(=O)(=O)c1cc(C(C)(C)O)co1. The Bertz CT molecular complexity index is 1020. The number of hydrogen-bond acceptors (Lipinski definition) is 5. The zero-order valence-electron chi connectivity index (χ0n) is 17.8. The van der Waals surface area contributed by atoms with Gasteiger partial charge in [-0.15, -0.1) is 0 Å². The minimum Gasteiger partial charge on any atom is -0.451 e. The average molecular weight is 435 g/mol. The fourth-order valence-electron chi connectivity index (χ4n) is 3.96. The van der Waals surface area contributed by atoms with Gasteiger partial charge in [-0.05, 0) is 82.4 Å². The molecule has 0 aromatic carbocycles. The fraction of sp³-hybridized carbons (Fsp3) is 0.500. The van der Waals surface area contributed by atoms with Crippen molar-refractivity contribution in [2.45, 2.75) is 76.4 Å². The molecule has 0 radical (unpaired) electrons. The second-order valence-corrected chi connectivity index (χ2v) is 10.2. The van der Waals surface area contributed by atoms with Crippen LogP contribution in [0.5, 0.6) is 0 Å². The molecule has 8 heteroatoms. The van der Waals surface area contributed by atoms with Crippen LogP contribution >= 0.6 is 0 Å². The first-order valence-electron chi connectivity index (χ1n) is 10.2. The summed E-state index contributed by atoms with van der Waals surface area (Å²) in [5.41, 5.74) is 4.14. The van der Waals surface area contributed by atoms with E-state index in [1.165, 1.54) is 31.1 Å². The standard InChI is InChI=1S/C22H30N2O5S/c1-14-8-5-6-9-15(2)20(18-11-7-10-17(14)18)23-21(25)24-30(27,28)19-12-16(13-29-19)22(3,4)26/h12-13,26H,2,5-11H2,1,3-4H3,(H2,23,24,25)/b17-14-,20-18?. The molecule has 0 unspecified atom stereocenters. The van der Waals surface area contributed by atoms with Crippen LogP contribution in [-0.4, -0.2) is 19.6 Å². The summed E-state index contributed by atoms with van der Waals surface area (Å²) >= 11 is 0. The second kappa shape index (κ2) is 8.43. The van der Waals surface area contributed by atoms with Crippen molar-refractivity contribution in [3.63, 3.8) is 0 Å². The largest absolute Gasteiger partial charge is 0.451 e. The van der Waals surface area contributed by atoms with Crippen molar-refractivity contribution in [2.75, 3.05) is 0 Å². The highest BCUT2D eigenvalue weighted by molar-refractivity contribution is 7.89. The topological polar surface area (TPSA) is 109 Å². The van der Waals surface area contributed by atoms with E-state index in [0.717, 1.165) is 62.4 Å². The molecule has 1 aromatic rings. The summed E-state index contributed by atoms with van der Waals surface area (Å²) in [6, 6.07) is 0.348. The first-order chi connectivity index (χ1) is 14.0. The van der Waals surface area contributed by atoms with Gasteiger partial charge in [0, 0.05) is 17.3 Å². The molecule has 3 N–H and O–H groups in total. The number of sulfonamides is 1. The van der Waals surface area contributed by atoms with Crippen LogP contribution in [0.2, 0.25) is 0 Å². The third-order valence-electron chi connectivity index (χ3n) is 5.68. The van der Waals surface area contributed by atoms with Gasteiger partial charge in [-0.25, -0.2) is 9.52 Å². The zero-order chi connectivity index (χ0) is 22.1. The van der Waals surface area contributed by atoms with Gasteiger partial charge < -0.3 is 14.8 Å². The highest BCUT2D eigenvalue weighted by Gasteiger charge is 2.28. The Hall–Kier alpha value is -2.32. The minimum atomic E-state index is -4.23. The summed E-state index contributed by atoms with van der Waals surface area (Å²) in [6.45, 7) is 9.30. The first-order valence-corrected chi connectivity index (χ1v) is 11.7. The van der Waals surface area contributed by atoms with Gasteiger partial charge in [-0.2, -0.15) is 8.42 Å². The van der Waals surface area contributed by atoms with E-state index in [9.17, 15) is 18.3 Å². The molecular formula is C22H30N2O5S. The normalized spacial score (nSPS) is 21.0. The number of furan rings is 1. The number of hydrogen-bond donors (Lipinski definition) is 3. The van der Waals surface area contributed by atoms with Gasteiger partial charge >= 0.3 is 6.03 Å². The van der Waals surface area contributed by atoms with E-state index in [-0.39, 0.29) is 0 Å². The van der Waals surface area contributed by atoms with E-state index in [1.807, 2.05) is 4.72 Å². The van der Waals surface area contributed by atoms with Crippen molar-refractivity contribution in [2.24, 2.45) is 0 Å². The maximum Gasteiger partial charge on any atom is 0.333 e. The molecule has 2 aliphatic carbocycles. The van der Waals surface area contributed by atoms with E-state index in [2.05, 4.69) is 18.8 Å². The molecule has 1 aromatic heterocycles. The molecule has 0 spiro atoms. The van der Waals surface area contributed by atoms with E-state index in [0.29, 0.717) is 11.3 Å². The van der Waals surface area contributed by atoms with Gasteiger partial charge in [0.1, 0.15) is 0 Å².